The Morgan fingerprint density at radius 2 is 1.74 bits per heavy atom. The first-order chi connectivity index (χ1) is 16.8. The fourth-order valence-electron chi connectivity index (χ4n) is 7.08. The third-order valence-corrected chi connectivity index (χ3v) is 9.27. The standard InChI is InChI=1S/C28H46N4O3/c1-27(2)11-7-6-10-24(27)32-13-12-28(20-29,21-32)30-26(34)23(18-22-8-4-3-5-9-22)19-25(33)31-14-16-35-17-15-31/h22-24H,3-19,21H2,1-2H3,(H,30,34)/t23-,24?,28-/m1/s1. The topological polar surface area (TPSA) is 85.7 Å². The molecule has 0 spiro atoms. The summed E-state index contributed by atoms with van der Waals surface area (Å²) in [5.74, 6) is 0.0905. The smallest absolute Gasteiger partial charge is 0.224 e. The van der Waals surface area contributed by atoms with Crippen molar-refractivity contribution in [3.05, 3.63) is 0 Å². The molecule has 35 heavy (non-hydrogen) atoms. The number of rotatable bonds is 7. The Balaban J connectivity index is 1.43. The molecule has 0 bridgehead atoms. The fraction of sp³-hybridized carbons (Fsp3) is 0.893. The predicted molar refractivity (Wildman–Crippen MR) is 135 cm³/mol. The highest BCUT2D eigenvalue weighted by Crippen LogP contribution is 2.41. The highest BCUT2D eigenvalue weighted by molar-refractivity contribution is 5.86. The van der Waals surface area contributed by atoms with E-state index in [4.69, 9.17) is 4.74 Å². The van der Waals surface area contributed by atoms with Crippen molar-refractivity contribution in [3.8, 4) is 6.07 Å². The van der Waals surface area contributed by atoms with Crippen LogP contribution in [0.3, 0.4) is 0 Å². The lowest BCUT2D eigenvalue weighted by molar-refractivity contribution is -0.140. The Bertz CT molecular complexity index is 782. The number of likely N-dealkylation sites (tertiary alicyclic amines) is 1. The van der Waals surface area contributed by atoms with Crippen LogP contribution in [0.4, 0.5) is 0 Å². The average molecular weight is 487 g/mol. The SMILES string of the molecule is CC1(C)CCCCC1N1CC[C@](C#N)(NC(=O)[C@@H](CC(=O)N2CCOCC2)CC2CCCCC2)C1. The van der Waals surface area contributed by atoms with E-state index in [2.05, 4.69) is 30.1 Å². The van der Waals surface area contributed by atoms with Gasteiger partial charge in [-0.1, -0.05) is 58.8 Å². The van der Waals surface area contributed by atoms with Crippen molar-refractivity contribution >= 4 is 11.8 Å². The lowest BCUT2D eigenvalue weighted by atomic mass is 9.72. The largest absolute Gasteiger partial charge is 0.378 e. The van der Waals surface area contributed by atoms with Crippen molar-refractivity contribution in [2.75, 3.05) is 39.4 Å². The van der Waals surface area contributed by atoms with Crippen molar-refractivity contribution in [1.82, 2.24) is 15.1 Å². The number of ether oxygens (including phenoxy) is 1. The first-order valence-electron chi connectivity index (χ1n) is 14.1. The molecular formula is C28H46N4O3. The van der Waals surface area contributed by atoms with Gasteiger partial charge in [-0.2, -0.15) is 5.26 Å². The number of hydrogen-bond donors (Lipinski definition) is 1. The van der Waals surface area contributed by atoms with E-state index < -0.39 is 5.54 Å². The van der Waals surface area contributed by atoms with Gasteiger partial charge in [-0.05, 0) is 37.0 Å². The van der Waals surface area contributed by atoms with E-state index in [0.29, 0.717) is 51.2 Å². The zero-order valence-corrected chi connectivity index (χ0v) is 22.0. The molecule has 7 heteroatoms. The van der Waals surface area contributed by atoms with Gasteiger partial charge in [0.05, 0.1) is 19.3 Å². The maximum absolute atomic E-state index is 13.7. The quantitative estimate of drug-likeness (QED) is 0.590. The highest BCUT2D eigenvalue weighted by Gasteiger charge is 2.46. The summed E-state index contributed by atoms with van der Waals surface area (Å²) >= 11 is 0. The Hall–Kier alpha value is -1.65. The maximum Gasteiger partial charge on any atom is 0.224 e. The van der Waals surface area contributed by atoms with E-state index in [9.17, 15) is 14.9 Å². The number of nitrogens with zero attached hydrogens (tertiary/aromatic N) is 3. The number of carbonyl (C=O) groups is 2. The molecular weight excluding hydrogens is 440 g/mol. The van der Waals surface area contributed by atoms with Crippen molar-refractivity contribution in [2.45, 2.75) is 102 Å². The van der Waals surface area contributed by atoms with Gasteiger partial charge in [0.2, 0.25) is 11.8 Å². The van der Waals surface area contributed by atoms with Gasteiger partial charge in [-0.3, -0.25) is 14.5 Å². The number of carbonyl (C=O) groups excluding carboxylic acids is 2. The third-order valence-electron chi connectivity index (χ3n) is 9.27. The van der Waals surface area contributed by atoms with Crippen LogP contribution in [0.2, 0.25) is 0 Å². The van der Waals surface area contributed by atoms with Crippen LogP contribution in [0.1, 0.15) is 90.9 Å². The number of nitrogens with one attached hydrogen (secondary N) is 1. The van der Waals surface area contributed by atoms with E-state index >= 15 is 0 Å². The van der Waals surface area contributed by atoms with Gasteiger partial charge in [0.15, 0.2) is 0 Å². The molecule has 0 radical (unpaired) electrons. The molecule has 2 aliphatic heterocycles. The lowest BCUT2D eigenvalue weighted by Crippen LogP contribution is -2.54. The molecule has 2 aliphatic carbocycles. The summed E-state index contributed by atoms with van der Waals surface area (Å²) < 4.78 is 5.40. The summed E-state index contributed by atoms with van der Waals surface area (Å²) in [7, 11) is 0. The van der Waals surface area contributed by atoms with Crippen LogP contribution < -0.4 is 5.32 Å². The molecule has 4 aliphatic rings. The first-order valence-corrected chi connectivity index (χ1v) is 14.1. The monoisotopic (exact) mass is 486 g/mol. The molecule has 2 heterocycles. The van der Waals surface area contributed by atoms with Gasteiger partial charge >= 0.3 is 0 Å². The van der Waals surface area contributed by atoms with Crippen LogP contribution >= 0.6 is 0 Å². The molecule has 196 valence electrons. The van der Waals surface area contributed by atoms with Gasteiger partial charge in [0.1, 0.15) is 5.54 Å². The van der Waals surface area contributed by atoms with Crippen molar-refractivity contribution in [1.29, 1.82) is 5.26 Å². The van der Waals surface area contributed by atoms with Gasteiger partial charge in [-0.25, -0.2) is 0 Å². The van der Waals surface area contributed by atoms with Crippen LogP contribution in [0.5, 0.6) is 0 Å². The molecule has 1 unspecified atom stereocenters. The summed E-state index contributed by atoms with van der Waals surface area (Å²) in [5, 5.41) is 13.4. The third kappa shape index (κ3) is 6.57. The van der Waals surface area contributed by atoms with Gasteiger partial charge < -0.3 is 15.0 Å². The number of amides is 2. The molecule has 0 aromatic carbocycles. The highest BCUT2D eigenvalue weighted by atomic mass is 16.5. The summed E-state index contributed by atoms with van der Waals surface area (Å²) in [4.78, 5) is 31.1. The molecule has 4 rings (SSSR count). The molecule has 1 N–H and O–H groups in total. The molecule has 7 nitrogen and oxygen atoms in total. The van der Waals surface area contributed by atoms with Crippen LogP contribution in [0, 0.1) is 28.6 Å². The first kappa shape index (κ1) is 26.4. The molecule has 2 saturated carbocycles. The van der Waals surface area contributed by atoms with E-state index in [-0.39, 0.29) is 29.6 Å². The van der Waals surface area contributed by atoms with Crippen molar-refractivity contribution in [3.63, 3.8) is 0 Å². The summed E-state index contributed by atoms with van der Waals surface area (Å²) in [6, 6.07) is 2.96. The summed E-state index contributed by atoms with van der Waals surface area (Å²) in [6.45, 7) is 8.47. The molecule has 0 aromatic rings. The lowest BCUT2D eigenvalue weighted by Gasteiger charge is -2.44. The molecule has 2 amide bonds. The van der Waals surface area contributed by atoms with E-state index in [1.54, 1.807) is 0 Å². The second-order valence-corrected chi connectivity index (χ2v) is 12.3. The fourth-order valence-corrected chi connectivity index (χ4v) is 7.08. The Morgan fingerprint density at radius 3 is 2.43 bits per heavy atom. The maximum atomic E-state index is 13.7. The van der Waals surface area contributed by atoms with E-state index in [0.717, 1.165) is 25.8 Å². The van der Waals surface area contributed by atoms with Crippen molar-refractivity contribution in [2.24, 2.45) is 17.3 Å². The molecule has 2 saturated heterocycles. The summed E-state index contributed by atoms with van der Waals surface area (Å²) in [5.41, 5.74) is -0.612. The number of morpholine rings is 1. The Kier molecular flexibility index (Phi) is 8.76. The Labute approximate surface area is 211 Å². The minimum atomic E-state index is -0.850. The zero-order chi connectivity index (χ0) is 24.9. The van der Waals surface area contributed by atoms with Crippen LogP contribution in [-0.2, 0) is 14.3 Å². The van der Waals surface area contributed by atoms with Crippen LogP contribution in [0.25, 0.3) is 0 Å². The zero-order valence-electron chi connectivity index (χ0n) is 22.0. The van der Waals surface area contributed by atoms with E-state index in [1.165, 1.54) is 44.9 Å². The van der Waals surface area contributed by atoms with Crippen LogP contribution in [-0.4, -0.2) is 72.6 Å². The minimum Gasteiger partial charge on any atom is -0.378 e. The normalized spacial score (nSPS) is 31.0. The van der Waals surface area contributed by atoms with Gasteiger partial charge in [-0.15, -0.1) is 0 Å². The second kappa shape index (κ2) is 11.6. The minimum absolute atomic E-state index is 0.0484. The molecule has 4 fully saturated rings. The van der Waals surface area contributed by atoms with Gasteiger partial charge in [0.25, 0.3) is 0 Å². The van der Waals surface area contributed by atoms with Crippen LogP contribution in [0.15, 0.2) is 0 Å². The van der Waals surface area contributed by atoms with Gasteiger partial charge in [0, 0.05) is 44.6 Å². The summed E-state index contributed by atoms with van der Waals surface area (Å²) in [6.07, 6.45) is 12.5. The average Bonchev–Trinajstić information content (AvgIpc) is 3.28. The molecule has 0 aromatic heterocycles. The number of hydrogen-bond acceptors (Lipinski definition) is 5. The molecule has 3 atom stereocenters. The van der Waals surface area contributed by atoms with Crippen molar-refractivity contribution < 1.29 is 14.3 Å². The predicted octanol–water partition coefficient (Wildman–Crippen LogP) is 3.87. The number of nitriles is 1. The Morgan fingerprint density at radius 1 is 1.03 bits per heavy atom. The van der Waals surface area contributed by atoms with E-state index in [1.807, 2.05) is 4.90 Å². The second-order valence-electron chi connectivity index (χ2n) is 12.3.